The summed E-state index contributed by atoms with van der Waals surface area (Å²) in [6, 6.07) is -0.975. The number of hydrogen-bond acceptors (Lipinski definition) is 6. The predicted molar refractivity (Wildman–Crippen MR) is 86.5 cm³/mol. The molecule has 8 nitrogen and oxygen atoms in total. The van der Waals surface area contributed by atoms with Gasteiger partial charge in [0.1, 0.15) is 0 Å². The summed E-state index contributed by atoms with van der Waals surface area (Å²) in [6.45, 7) is 4.99. The SMILES string of the molecule is NCCCNCCCCNCCCNC(=O)C(N)CC(=O)O. The van der Waals surface area contributed by atoms with E-state index in [0.717, 1.165) is 58.4 Å². The number of carbonyl (C=O) groups is 2. The highest BCUT2D eigenvalue weighted by molar-refractivity contribution is 5.85. The van der Waals surface area contributed by atoms with E-state index in [4.69, 9.17) is 16.6 Å². The van der Waals surface area contributed by atoms with E-state index in [1.54, 1.807) is 0 Å². The molecule has 0 aromatic heterocycles. The second-order valence-corrected chi connectivity index (χ2v) is 5.20. The van der Waals surface area contributed by atoms with Gasteiger partial charge in [-0.15, -0.1) is 0 Å². The predicted octanol–water partition coefficient (Wildman–Crippen LogP) is -1.40. The standard InChI is InChI=1S/C14H31N5O3/c15-5-3-8-17-6-1-2-7-18-9-4-10-19-14(22)12(16)11-13(20)21/h12,17-18H,1-11,15-16H2,(H,19,22)(H,20,21). The quantitative estimate of drug-likeness (QED) is 0.204. The van der Waals surface area contributed by atoms with Gasteiger partial charge in [-0.05, 0) is 58.4 Å². The lowest BCUT2D eigenvalue weighted by molar-refractivity contribution is -0.139. The summed E-state index contributed by atoms with van der Waals surface area (Å²) in [4.78, 5) is 21.8. The van der Waals surface area contributed by atoms with Crippen LogP contribution in [0.15, 0.2) is 0 Å². The fourth-order valence-corrected chi connectivity index (χ4v) is 1.81. The molecule has 22 heavy (non-hydrogen) atoms. The maximum atomic E-state index is 11.4. The lowest BCUT2D eigenvalue weighted by atomic mass is 10.2. The van der Waals surface area contributed by atoms with E-state index in [9.17, 15) is 9.59 Å². The number of unbranched alkanes of at least 4 members (excludes halogenated alkanes) is 1. The van der Waals surface area contributed by atoms with Gasteiger partial charge in [-0.2, -0.15) is 0 Å². The number of rotatable bonds is 15. The Balaban J connectivity index is 3.26. The molecule has 130 valence electrons. The summed E-state index contributed by atoms with van der Waals surface area (Å²) in [5.41, 5.74) is 10.8. The molecule has 0 saturated heterocycles. The Labute approximate surface area is 132 Å². The summed E-state index contributed by atoms with van der Waals surface area (Å²) < 4.78 is 0. The number of aliphatic carboxylic acids is 1. The average Bonchev–Trinajstić information content (AvgIpc) is 2.47. The number of hydrogen-bond donors (Lipinski definition) is 6. The van der Waals surface area contributed by atoms with Crippen molar-refractivity contribution < 1.29 is 14.7 Å². The summed E-state index contributed by atoms with van der Waals surface area (Å²) in [5.74, 6) is -1.48. The monoisotopic (exact) mass is 317 g/mol. The largest absolute Gasteiger partial charge is 0.481 e. The van der Waals surface area contributed by atoms with E-state index < -0.39 is 17.9 Å². The van der Waals surface area contributed by atoms with Crippen molar-refractivity contribution in [2.45, 2.75) is 38.1 Å². The topological polar surface area (TPSA) is 142 Å². The molecule has 0 spiro atoms. The molecular formula is C14H31N5O3. The minimum absolute atomic E-state index is 0.344. The van der Waals surface area contributed by atoms with Crippen LogP contribution >= 0.6 is 0 Å². The van der Waals surface area contributed by atoms with Crippen molar-refractivity contribution in [3.8, 4) is 0 Å². The molecule has 0 aromatic carbocycles. The zero-order chi connectivity index (χ0) is 16.6. The van der Waals surface area contributed by atoms with E-state index in [1.807, 2.05) is 0 Å². The summed E-state index contributed by atoms with van der Waals surface area (Å²) in [6.07, 6.45) is 3.69. The highest BCUT2D eigenvalue weighted by Crippen LogP contribution is 1.89. The van der Waals surface area contributed by atoms with Crippen LogP contribution in [0.2, 0.25) is 0 Å². The third-order valence-corrected chi connectivity index (χ3v) is 3.08. The van der Waals surface area contributed by atoms with Gasteiger partial charge in [0.25, 0.3) is 0 Å². The number of carbonyl (C=O) groups excluding carboxylic acids is 1. The van der Waals surface area contributed by atoms with Gasteiger partial charge in [-0.1, -0.05) is 0 Å². The highest BCUT2D eigenvalue weighted by atomic mass is 16.4. The normalized spacial score (nSPS) is 12.1. The molecule has 0 heterocycles. The number of nitrogens with one attached hydrogen (secondary N) is 3. The van der Waals surface area contributed by atoms with Crippen molar-refractivity contribution in [1.29, 1.82) is 0 Å². The molecule has 0 bridgehead atoms. The van der Waals surface area contributed by atoms with Crippen molar-refractivity contribution in [1.82, 2.24) is 16.0 Å². The first-order valence-corrected chi connectivity index (χ1v) is 7.94. The van der Waals surface area contributed by atoms with Crippen molar-refractivity contribution >= 4 is 11.9 Å². The molecule has 0 aromatic rings. The molecule has 1 atom stereocenters. The fraction of sp³-hybridized carbons (Fsp3) is 0.857. The van der Waals surface area contributed by atoms with Crippen LogP contribution in [-0.4, -0.2) is 62.3 Å². The van der Waals surface area contributed by atoms with Crippen LogP contribution in [0.1, 0.15) is 32.1 Å². The van der Waals surface area contributed by atoms with Gasteiger partial charge in [0, 0.05) is 6.54 Å². The highest BCUT2D eigenvalue weighted by Gasteiger charge is 2.15. The number of nitrogens with two attached hydrogens (primary N) is 2. The van der Waals surface area contributed by atoms with Crippen LogP contribution in [0, 0.1) is 0 Å². The first kappa shape index (κ1) is 20.8. The van der Waals surface area contributed by atoms with E-state index in [2.05, 4.69) is 16.0 Å². The first-order valence-electron chi connectivity index (χ1n) is 7.94. The van der Waals surface area contributed by atoms with Gasteiger partial charge in [0.05, 0.1) is 12.5 Å². The summed E-state index contributed by atoms with van der Waals surface area (Å²) in [5, 5.41) is 17.8. The van der Waals surface area contributed by atoms with E-state index in [0.29, 0.717) is 6.54 Å². The lowest BCUT2D eigenvalue weighted by Crippen LogP contribution is -2.42. The average molecular weight is 317 g/mol. The van der Waals surface area contributed by atoms with Crippen LogP contribution in [0.3, 0.4) is 0 Å². The maximum Gasteiger partial charge on any atom is 0.305 e. The number of carboxylic acids is 1. The zero-order valence-corrected chi connectivity index (χ0v) is 13.3. The Hall–Kier alpha value is -1.22. The van der Waals surface area contributed by atoms with Crippen LogP contribution in [0.5, 0.6) is 0 Å². The third-order valence-electron chi connectivity index (χ3n) is 3.08. The van der Waals surface area contributed by atoms with Gasteiger partial charge in [0.2, 0.25) is 5.91 Å². The number of amides is 1. The van der Waals surface area contributed by atoms with Gasteiger partial charge in [0.15, 0.2) is 0 Å². The maximum absolute atomic E-state index is 11.4. The van der Waals surface area contributed by atoms with E-state index in [1.165, 1.54) is 0 Å². The molecule has 0 aliphatic rings. The third kappa shape index (κ3) is 13.7. The molecule has 0 fully saturated rings. The molecule has 0 rings (SSSR count). The van der Waals surface area contributed by atoms with Crippen LogP contribution in [0.4, 0.5) is 0 Å². The Morgan fingerprint density at radius 1 is 0.909 bits per heavy atom. The molecule has 1 unspecified atom stereocenters. The second kappa shape index (κ2) is 14.7. The number of carboxylic acid groups (broad SMARTS) is 1. The smallest absolute Gasteiger partial charge is 0.305 e. The zero-order valence-electron chi connectivity index (χ0n) is 13.3. The molecule has 0 aliphatic carbocycles. The fourth-order valence-electron chi connectivity index (χ4n) is 1.81. The molecule has 0 radical (unpaired) electrons. The van der Waals surface area contributed by atoms with Crippen molar-refractivity contribution in [3.05, 3.63) is 0 Å². The summed E-state index contributed by atoms with van der Waals surface area (Å²) >= 11 is 0. The molecule has 1 amide bonds. The van der Waals surface area contributed by atoms with Gasteiger partial charge in [-0.25, -0.2) is 0 Å². The van der Waals surface area contributed by atoms with Crippen LogP contribution < -0.4 is 27.4 Å². The van der Waals surface area contributed by atoms with Gasteiger partial charge >= 0.3 is 5.97 Å². The Bertz CT molecular complexity index is 302. The molecule has 8 N–H and O–H groups in total. The molecule has 0 aliphatic heterocycles. The van der Waals surface area contributed by atoms with Crippen molar-refractivity contribution in [2.75, 3.05) is 39.3 Å². The van der Waals surface area contributed by atoms with E-state index >= 15 is 0 Å². The Kier molecular flexibility index (Phi) is 13.9. The molecule has 0 saturated carbocycles. The minimum atomic E-state index is -1.07. The second-order valence-electron chi connectivity index (χ2n) is 5.20. The Morgan fingerprint density at radius 2 is 1.45 bits per heavy atom. The van der Waals surface area contributed by atoms with Crippen molar-refractivity contribution in [3.63, 3.8) is 0 Å². The lowest BCUT2D eigenvalue weighted by Gasteiger charge is -2.10. The minimum Gasteiger partial charge on any atom is -0.481 e. The molecule has 8 heteroatoms. The summed E-state index contributed by atoms with van der Waals surface area (Å²) in [7, 11) is 0. The Morgan fingerprint density at radius 3 is 2.00 bits per heavy atom. The van der Waals surface area contributed by atoms with Gasteiger partial charge < -0.3 is 32.5 Å². The van der Waals surface area contributed by atoms with E-state index in [-0.39, 0.29) is 6.42 Å². The van der Waals surface area contributed by atoms with Crippen LogP contribution in [-0.2, 0) is 9.59 Å². The first-order chi connectivity index (χ1) is 10.6. The van der Waals surface area contributed by atoms with Crippen LogP contribution in [0.25, 0.3) is 0 Å². The van der Waals surface area contributed by atoms with Crippen molar-refractivity contribution in [2.24, 2.45) is 11.5 Å². The van der Waals surface area contributed by atoms with Gasteiger partial charge in [-0.3, -0.25) is 9.59 Å². The molecular weight excluding hydrogens is 286 g/mol.